The topological polar surface area (TPSA) is 59.5 Å². The van der Waals surface area contributed by atoms with Crippen molar-refractivity contribution in [2.45, 2.75) is 20.3 Å². The monoisotopic (exact) mass is 312 g/mol. The van der Waals surface area contributed by atoms with E-state index in [0.29, 0.717) is 25.1 Å². The number of likely N-dealkylation sites (tertiary alicyclic amines) is 1. The molecule has 1 unspecified atom stereocenters. The molecule has 0 spiro atoms. The highest BCUT2D eigenvalue weighted by atomic mass is 16.5. The Labute approximate surface area is 135 Å². The van der Waals surface area contributed by atoms with Gasteiger partial charge in [-0.3, -0.25) is 9.78 Å². The van der Waals surface area contributed by atoms with Gasteiger partial charge in [-0.1, -0.05) is 6.07 Å². The highest BCUT2D eigenvalue weighted by Gasteiger charge is 2.29. The van der Waals surface area contributed by atoms with Gasteiger partial charge in [0.2, 0.25) is 5.91 Å². The molecule has 0 N–H and O–H groups in total. The summed E-state index contributed by atoms with van der Waals surface area (Å²) in [4.78, 5) is 30.1. The van der Waals surface area contributed by atoms with Crippen molar-refractivity contribution >= 4 is 22.8 Å². The quantitative estimate of drug-likeness (QED) is 0.814. The van der Waals surface area contributed by atoms with Gasteiger partial charge in [0, 0.05) is 36.5 Å². The average molecular weight is 312 g/mol. The van der Waals surface area contributed by atoms with Gasteiger partial charge in [-0.15, -0.1) is 0 Å². The number of aryl methyl sites for hydroxylation is 1. The van der Waals surface area contributed by atoms with Crippen LogP contribution >= 0.6 is 0 Å². The van der Waals surface area contributed by atoms with Crippen LogP contribution in [0.4, 0.5) is 0 Å². The molecule has 0 aliphatic carbocycles. The summed E-state index contributed by atoms with van der Waals surface area (Å²) in [6, 6.07) is 9.22. The number of fused-ring (bicyclic) bond motifs is 1. The molecule has 2 heterocycles. The molecule has 23 heavy (non-hydrogen) atoms. The zero-order chi connectivity index (χ0) is 16.4. The van der Waals surface area contributed by atoms with E-state index in [1.165, 1.54) is 0 Å². The van der Waals surface area contributed by atoms with Crippen LogP contribution in [-0.4, -0.2) is 41.5 Å². The standard InChI is InChI=1S/C18H20N2O3/c1-3-20-10-13(8-17(20)21)11-23-18(22)15-6-7-16-14(9-15)5-4-12(2)19-16/h4-7,9,13H,3,8,10-11H2,1-2H3. The molecule has 1 amide bonds. The molecule has 1 saturated heterocycles. The first-order valence-electron chi connectivity index (χ1n) is 7.89. The Bertz CT molecular complexity index is 757. The van der Waals surface area contributed by atoms with Gasteiger partial charge in [0.15, 0.2) is 0 Å². The maximum absolute atomic E-state index is 12.2. The molecule has 3 rings (SSSR count). The number of hydrogen-bond donors (Lipinski definition) is 0. The van der Waals surface area contributed by atoms with Gasteiger partial charge in [-0.25, -0.2) is 4.79 Å². The molecule has 1 aliphatic rings. The second kappa shape index (κ2) is 6.36. The molecular formula is C18H20N2O3. The van der Waals surface area contributed by atoms with E-state index in [9.17, 15) is 9.59 Å². The summed E-state index contributed by atoms with van der Waals surface area (Å²) in [6.45, 7) is 5.55. The molecular weight excluding hydrogens is 292 g/mol. The molecule has 120 valence electrons. The van der Waals surface area contributed by atoms with Crippen molar-refractivity contribution in [1.82, 2.24) is 9.88 Å². The molecule has 1 aliphatic heterocycles. The van der Waals surface area contributed by atoms with E-state index in [0.717, 1.165) is 16.6 Å². The van der Waals surface area contributed by atoms with E-state index in [-0.39, 0.29) is 24.4 Å². The van der Waals surface area contributed by atoms with Crippen molar-refractivity contribution in [3.05, 3.63) is 41.6 Å². The molecule has 2 aromatic rings. The van der Waals surface area contributed by atoms with Crippen molar-refractivity contribution < 1.29 is 14.3 Å². The van der Waals surface area contributed by atoms with Crippen LogP contribution in [0.1, 0.15) is 29.4 Å². The lowest BCUT2D eigenvalue weighted by Crippen LogP contribution is -2.25. The molecule has 0 radical (unpaired) electrons. The van der Waals surface area contributed by atoms with Crippen molar-refractivity contribution in [2.24, 2.45) is 5.92 Å². The van der Waals surface area contributed by atoms with Crippen LogP contribution in [0.2, 0.25) is 0 Å². The highest BCUT2D eigenvalue weighted by Crippen LogP contribution is 2.19. The zero-order valence-corrected chi connectivity index (χ0v) is 13.4. The first-order valence-corrected chi connectivity index (χ1v) is 7.89. The van der Waals surface area contributed by atoms with E-state index in [1.807, 2.05) is 32.0 Å². The van der Waals surface area contributed by atoms with Crippen LogP contribution in [0.3, 0.4) is 0 Å². The number of esters is 1. The lowest BCUT2D eigenvalue weighted by Gasteiger charge is -2.13. The smallest absolute Gasteiger partial charge is 0.338 e. The molecule has 1 aromatic carbocycles. The Kier molecular flexibility index (Phi) is 4.28. The minimum absolute atomic E-state index is 0.0937. The summed E-state index contributed by atoms with van der Waals surface area (Å²) in [6.07, 6.45) is 0.460. The van der Waals surface area contributed by atoms with Gasteiger partial charge in [0.25, 0.3) is 0 Å². The third-order valence-corrected chi connectivity index (χ3v) is 4.19. The first-order chi connectivity index (χ1) is 11.1. The minimum atomic E-state index is -0.352. The molecule has 1 atom stereocenters. The number of rotatable bonds is 4. The molecule has 0 saturated carbocycles. The van der Waals surface area contributed by atoms with Crippen molar-refractivity contribution in [3.8, 4) is 0 Å². The maximum Gasteiger partial charge on any atom is 0.338 e. The van der Waals surface area contributed by atoms with E-state index >= 15 is 0 Å². The van der Waals surface area contributed by atoms with Gasteiger partial charge in [-0.2, -0.15) is 0 Å². The number of carbonyl (C=O) groups excluding carboxylic acids is 2. The Hall–Kier alpha value is -2.43. The van der Waals surface area contributed by atoms with Gasteiger partial charge >= 0.3 is 5.97 Å². The Morgan fingerprint density at radius 2 is 2.17 bits per heavy atom. The average Bonchev–Trinajstić information content (AvgIpc) is 2.92. The fraction of sp³-hybridized carbons (Fsp3) is 0.389. The summed E-state index contributed by atoms with van der Waals surface area (Å²) in [5.74, 6) is -0.119. The fourth-order valence-corrected chi connectivity index (χ4v) is 2.90. The van der Waals surface area contributed by atoms with Crippen LogP contribution in [0.25, 0.3) is 10.9 Å². The molecule has 5 nitrogen and oxygen atoms in total. The van der Waals surface area contributed by atoms with Crippen LogP contribution in [-0.2, 0) is 9.53 Å². The first kappa shape index (κ1) is 15.5. The molecule has 5 heteroatoms. The van der Waals surface area contributed by atoms with Gasteiger partial charge < -0.3 is 9.64 Å². The van der Waals surface area contributed by atoms with E-state index in [1.54, 1.807) is 17.0 Å². The Balaban J connectivity index is 1.64. The largest absolute Gasteiger partial charge is 0.462 e. The second-order valence-electron chi connectivity index (χ2n) is 5.96. The number of ether oxygens (including phenoxy) is 1. The third-order valence-electron chi connectivity index (χ3n) is 4.19. The van der Waals surface area contributed by atoms with Crippen LogP contribution < -0.4 is 0 Å². The summed E-state index contributed by atoms with van der Waals surface area (Å²) < 4.78 is 5.39. The van der Waals surface area contributed by atoms with Crippen molar-refractivity contribution in [2.75, 3.05) is 19.7 Å². The van der Waals surface area contributed by atoms with Gasteiger partial charge in [-0.05, 0) is 38.1 Å². The number of benzene rings is 1. The second-order valence-corrected chi connectivity index (χ2v) is 5.96. The SMILES string of the molecule is CCN1CC(COC(=O)c2ccc3nc(C)ccc3c2)CC1=O. The van der Waals surface area contributed by atoms with Crippen molar-refractivity contribution in [3.63, 3.8) is 0 Å². The van der Waals surface area contributed by atoms with Crippen molar-refractivity contribution in [1.29, 1.82) is 0 Å². The predicted molar refractivity (Wildman–Crippen MR) is 87.1 cm³/mol. The summed E-state index contributed by atoms with van der Waals surface area (Å²) in [5, 5.41) is 0.915. The number of hydrogen-bond acceptors (Lipinski definition) is 4. The molecule has 1 aromatic heterocycles. The highest BCUT2D eigenvalue weighted by molar-refractivity contribution is 5.94. The van der Waals surface area contributed by atoms with Crippen LogP contribution in [0.15, 0.2) is 30.3 Å². The number of pyridine rings is 1. The Morgan fingerprint density at radius 3 is 2.91 bits per heavy atom. The van der Waals surface area contributed by atoms with Gasteiger partial charge in [0.1, 0.15) is 0 Å². The predicted octanol–water partition coefficient (Wildman–Crippen LogP) is 2.57. The summed E-state index contributed by atoms with van der Waals surface area (Å²) in [7, 11) is 0. The number of aromatic nitrogens is 1. The van der Waals surface area contributed by atoms with Crippen LogP contribution in [0, 0.1) is 12.8 Å². The third kappa shape index (κ3) is 3.33. The summed E-state index contributed by atoms with van der Waals surface area (Å²) in [5.41, 5.74) is 2.32. The number of carbonyl (C=O) groups is 2. The zero-order valence-electron chi connectivity index (χ0n) is 13.4. The molecule has 0 bridgehead atoms. The Morgan fingerprint density at radius 1 is 1.35 bits per heavy atom. The number of nitrogens with zero attached hydrogens (tertiary/aromatic N) is 2. The fourth-order valence-electron chi connectivity index (χ4n) is 2.90. The lowest BCUT2D eigenvalue weighted by molar-refractivity contribution is -0.127. The minimum Gasteiger partial charge on any atom is -0.462 e. The maximum atomic E-state index is 12.2. The summed E-state index contributed by atoms with van der Waals surface area (Å²) >= 11 is 0. The van der Waals surface area contributed by atoms with Crippen LogP contribution in [0.5, 0.6) is 0 Å². The normalized spacial score (nSPS) is 17.7. The van der Waals surface area contributed by atoms with E-state index in [2.05, 4.69) is 4.98 Å². The lowest BCUT2D eigenvalue weighted by atomic mass is 10.1. The van der Waals surface area contributed by atoms with Gasteiger partial charge in [0.05, 0.1) is 17.7 Å². The van der Waals surface area contributed by atoms with E-state index in [4.69, 9.17) is 4.74 Å². The van der Waals surface area contributed by atoms with E-state index < -0.39 is 0 Å². The molecule has 1 fully saturated rings. The number of amides is 1.